The first kappa shape index (κ1) is 15.2. The van der Waals surface area contributed by atoms with Gasteiger partial charge in [0.15, 0.2) is 0 Å². The van der Waals surface area contributed by atoms with Gasteiger partial charge in [0.2, 0.25) is 0 Å². The SMILES string of the molecule is CCCCc1[nH]c(=O)cc(O)c1N(CC)c1ccccc1. The quantitative estimate of drug-likeness (QED) is 0.853. The maximum absolute atomic E-state index is 11.6. The van der Waals surface area contributed by atoms with Crippen LogP contribution in [0.1, 0.15) is 32.4 Å². The minimum Gasteiger partial charge on any atom is -0.505 e. The molecule has 0 aliphatic rings. The van der Waals surface area contributed by atoms with E-state index in [9.17, 15) is 9.90 Å². The Morgan fingerprint density at radius 1 is 1.19 bits per heavy atom. The van der Waals surface area contributed by atoms with Gasteiger partial charge in [-0.05, 0) is 31.9 Å². The molecule has 1 aromatic carbocycles. The molecule has 0 bridgehead atoms. The minimum atomic E-state index is -0.258. The second kappa shape index (κ2) is 6.97. The Labute approximate surface area is 125 Å². The Hall–Kier alpha value is -2.23. The normalized spacial score (nSPS) is 10.6. The van der Waals surface area contributed by atoms with Crippen LogP contribution in [0, 0.1) is 0 Å². The molecular weight excluding hydrogens is 264 g/mol. The molecule has 0 saturated carbocycles. The molecule has 21 heavy (non-hydrogen) atoms. The molecule has 2 aromatic rings. The van der Waals surface area contributed by atoms with Crippen LogP contribution in [0.3, 0.4) is 0 Å². The van der Waals surface area contributed by atoms with E-state index in [1.807, 2.05) is 42.2 Å². The zero-order valence-electron chi connectivity index (χ0n) is 12.6. The van der Waals surface area contributed by atoms with Gasteiger partial charge in [-0.25, -0.2) is 0 Å². The van der Waals surface area contributed by atoms with Crippen molar-refractivity contribution in [1.82, 2.24) is 4.98 Å². The molecule has 0 radical (unpaired) electrons. The second-order valence-corrected chi connectivity index (χ2v) is 5.03. The molecule has 4 nitrogen and oxygen atoms in total. The number of para-hydroxylation sites is 1. The highest BCUT2D eigenvalue weighted by molar-refractivity contribution is 5.70. The maximum atomic E-state index is 11.6. The number of unbranched alkanes of at least 4 members (excludes halogenated alkanes) is 1. The number of aryl methyl sites for hydroxylation is 1. The average Bonchev–Trinajstić information content (AvgIpc) is 2.49. The van der Waals surface area contributed by atoms with Crippen LogP contribution in [-0.4, -0.2) is 16.6 Å². The van der Waals surface area contributed by atoms with Gasteiger partial charge in [-0.1, -0.05) is 31.5 Å². The van der Waals surface area contributed by atoms with Gasteiger partial charge in [0.25, 0.3) is 5.56 Å². The number of rotatable bonds is 6. The first-order valence-electron chi connectivity index (χ1n) is 7.45. The fraction of sp³-hybridized carbons (Fsp3) is 0.353. The summed E-state index contributed by atoms with van der Waals surface area (Å²) in [5.74, 6) is 0.0376. The van der Waals surface area contributed by atoms with Gasteiger partial charge >= 0.3 is 0 Å². The summed E-state index contributed by atoms with van der Waals surface area (Å²) in [6.07, 6.45) is 2.76. The summed E-state index contributed by atoms with van der Waals surface area (Å²) < 4.78 is 0. The molecule has 0 saturated heterocycles. The zero-order chi connectivity index (χ0) is 15.2. The monoisotopic (exact) mass is 286 g/mol. The summed E-state index contributed by atoms with van der Waals surface area (Å²) >= 11 is 0. The van der Waals surface area contributed by atoms with Crippen LogP contribution in [0.2, 0.25) is 0 Å². The number of hydrogen-bond acceptors (Lipinski definition) is 3. The van der Waals surface area contributed by atoms with Crippen LogP contribution >= 0.6 is 0 Å². The molecule has 2 N–H and O–H groups in total. The summed E-state index contributed by atoms with van der Waals surface area (Å²) in [6, 6.07) is 11.1. The van der Waals surface area contributed by atoms with Crippen molar-refractivity contribution in [3.8, 4) is 5.75 Å². The molecule has 2 rings (SSSR count). The fourth-order valence-electron chi connectivity index (χ4n) is 2.50. The van der Waals surface area contributed by atoms with Crippen LogP contribution in [0.5, 0.6) is 5.75 Å². The van der Waals surface area contributed by atoms with Gasteiger partial charge in [-0.2, -0.15) is 0 Å². The lowest BCUT2D eigenvalue weighted by molar-refractivity contribution is 0.472. The van der Waals surface area contributed by atoms with E-state index in [1.165, 1.54) is 6.07 Å². The third kappa shape index (κ3) is 3.45. The number of aromatic amines is 1. The number of nitrogens with one attached hydrogen (secondary N) is 1. The van der Waals surface area contributed by atoms with E-state index in [0.29, 0.717) is 12.2 Å². The molecule has 1 heterocycles. The van der Waals surface area contributed by atoms with E-state index in [2.05, 4.69) is 11.9 Å². The van der Waals surface area contributed by atoms with Crippen molar-refractivity contribution >= 4 is 11.4 Å². The van der Waals surface area contributed by atoms with Crippen molar-refractivity contribution in [2.45, 2.75) is 33.1 Å². The van der Waals surface area contributed by atoms with Crippen molar-refractivity contribution in [2.24, 2.45) is 0 Å². The van der Waals surface area contributed by atoms with Crippen molar-refractivity contribution in [1.29, 1.82) is 0 Å². The average molecular weight is 286 g/mol. The Balaban J connectivity index is 2.51. The molecular formula is C17H22N2O2. The molecule has 1 aromatic heterocycles. The molecule has 4 heteroatoms. The van der Waals surface area contributed by atoms with Crippen LogP contribution in [-0.2, 0) is 6.42 Å². The van der Waals surface area contributed by atoms with Gasteiger partial charge in [-0.15, -0.1) is 0 Å². The molecule has 0 fully saturated rings. The number of nitrogens with zero attached hydrogens (tertiary/aromatic N) is 1. The number of pyridine rings is 1. The smallest absolute Gasteiger partial charge is 0.251 e. The summed E-state index contributed by atoms with van der Waals surface area (Å²) in [4.78, 5) is 16.5. The van der Waals surface area contributed by atoms with E-state index in [4.69, 9.17) is 0 Å². The number of hydrogen-bond donors (Lipinski definition) is 2. The highest BCUT2D eigenvalue weighted by atomic mass is 16.3. The highest BCUT2D eigenvalue weighted by Gasteiger charge is 2.17. The van der Waals surface area contributed by atoms with Gasteiger partial charge < -0.3 is 15.0 Å². The van der Waals surface area contributed by atoms with Crippen LogP contribution in [0.4, 0.5) is 11.4 Å². The van der Waals surface area contributed by atoms with Crippen molar-refractivity contribution in [3.05, 3.63) is 52.4 Å². The van der Waals surface area contributed by atoms with Crippen molar-refractivity contribution in [2.75, 3.05) is 11.4 Å². The lowest BCUT2D eigenvalue weighted by atomic mass is 10.1. The molecule has 0 unspecified atom stereocenters. The molecule has 0 aliphatic carbocycles. The Bertz CT molecular complexity index is 635. The second-order valence-electron chi connectivity index (χ2n) is 5.03. The first-order chi connectivity index (χ1) is 10.2. The lowest BCUT2D eigenvalue weighted by Crippen LogP contribution is -2.21. The molecule has 112 valence electrons. The van der Waals surface area contributed by atoms with E-state index >= 15 is 0 Å². The predicted octanol–water partition coefficient (Wildman–Crippen LogP) is 3.58. The standard InChI is InChI=1S/C17H22N2O2/c1-3-5-11-14-17(15(20)12-16(21)18-14)19(4-2)13-9-7-6-8-10-13/h6-10,12H,3-5,11H2,1-2H3,(H2,18,20,21). The number of benzene rings is 1. The number of aromatic nitrogens is 1. The van der Waals surface area contributed by atoms with Gasteiger partial charge in [0, 0.05) is 24.0 Å². The number of H-pyrrole nitrogens is 1. The largest absolute Gasteiger partial charge is 0.505 e. The van der Waals surface area contributed by atoms with Crippen LogP contribution < -0.4 is 10.5 Å². The van der Waals surface area contributed by atoms with Crippen molar-refractivity contribution in [3.63, 3.8) is 0 Å². The molecule has 0 atom stereocenters. The summed E-state index contributed by atoms with van der Waals surface area (Å²) in [5.41, 5.74) is 2.25. The zero-order valence-corrected chi connectivity index (χ0v) is 12.6. The van der Waals surface area contributed by atoms with E-state index in [1.54, 1.807) is 0 Å². The third-order valence-corrected chi connectivity index (χ3v) is 3.50. The predicted molar refractivity (Wildman–Crippen MR) is 86.5 cm³/mol. The Morgan fingerprint density at radius 2 is 1.90 bits per heavy atom. The van der Waals surface area contributed by atoms with Crippen molar-refractivity contribution < 1.29 is 5.11 Å². The fourth-order valence-corrected chi connectivity index (χ4v) is 2.50. The number of aromatic hydroxyl groups is 1. The van der Waals surface area contributed by atoms with Crippen LogP contribution in [0.25, 0.3) is 0 Å². The molecule has 0 amide bonds. The summed E-state index contributed by atoms with van der Waals surface area (Å²) in [7, 11) is 0. The number of anilines is 2. The minimum absolute atomic E-state index is 0.0376. The lowest BCUT2D eigenvalue weighted by Gasteiger charge is -2.26. The van der Waals surface area contributed by atoms with Crippen LogP contribution in [0.15, 0.2) is 41.2 Å². The topological polar surface area (TPSA) is 56.3 Å². The Kier molecular flexibility index (Phi) is 5.04. The Morgan fingerprint density at radius 3 is 2.52 bits per heavy atom. The first-order valence-corrected chi connectivity index (χ1v) is 7.45. The molecule has 0 spiro atoms. The van der Waals surface area contributed by atoms with E-state index in [-0.39, 0.29) is 11.3 Å². The maximum Gasteiger partial charge on any atom is 0.251 e. The van der Waals surface area contributed by atoms with Gasteiger partial charge in [-0.3, -0.25) is 4.79 Å². The molecule has 0 aliphatic heterocycles. The highest BCUT2D eigenvalue weighted by Crippen LogP contribution is 2.34. The third-order valence-electron chi connectivity index (χ3n) is 3.50. The van der Waals surface area contributed by atoms with Gasteiger partial charge in [0.05, 0.1) is 0 Å². The summed E-state index contributed by atoms with van der Waals surface area (Å²) in [6.45, 7) is 4.85. The van der Waals surface area contributed by atoms with E-state index < -0.39 is 0 Å². The van der Waals surface area contributed by atoms with E-state index in [0.717, 1.165) is 30.6 Å². The van der Waals surface area contributed by atoms with Gasteiger partial charge in [0.1, 0.15) is 11.4 Å². The summed E-state index contributed by atoms with van der Waals surface area (Å²) in [5, 5.41) is 10.3.